The van der Waals surface area contributed by atoms with Crippen molar-refractivity contribution in [2.45, 2.75) is 25.2 Å². The second-order valence-electron chi connectivity index (χ2n) is 5.67. The third-order valence-corrected chi connectivity index (χ3v) is 4.28. The number of aromatic amines is 1. The van der Waals surface area contributed by atoms with Gasteiger partial charge >= 0.3 is 5.97 Å². The molecule has 23 heavy (non-hydrogen) atoms. The second kappa shape index (κ2) is 5.05. The molecule has 1 aromatic carbocycles. The van der Waals surface area contributed by atoms with Crippen molar-refractivity contribution < 1.29 is 19.2 Å². The van der Waals surface area contributed by atoms with E-state index in [9.17, 15) is 14.4 Å². The molecule has 0 radical (unpaired) electrons. The van der Waals surface area contributed by atoms with Crippen molar-refractivity contribution >= 4 is 17.8 Å². The molecule has 2 aromatic rings. The third-order valence-electron chi connectivity index (χ3n) is 4.28. The summed E-state index contributed by atoms with van der Waals surface area (Å²) in [6.07, 6.45) is 3.29. The molecular weight excluding hydrogens is 298 g/mol. The minimum Gasteiger partial charge on any atom is -0.322 e. The van der Waals surface area contributed by atoms with E-state index in [1.807, 2.05) is 0 Å². The van der Waals surface area contributed by atoms with Gasteiger partial charge in [-0.15, -0.1) is 0 Å². The molecule has 7 heteroatoms. The van der Waals surface area contributed by atoms with E-state index in [0.717, 1.165) is 18.5 Å². The van der Waals surface area contributed by atoms with E-state index in [1.165, 1.54) is 18.6 Å². The Kier molecular flexibility index (Phi) is 3.00. The Hall–Kier alpha value is -2.96. The predicted molar refractivity (Wildman–Crippen MR) is 77.5 cm³/mol. The molecule has 0 atom stereocenters. The molecule has 0 bridgehead atoms. The number of amides is 2. The van der Waals surface area contributed by atoms with Crippen molar-refractivity contribution in [3.63, 3.8) is 0 Å². The summed E-state index contributed by atoms with van der Waals surface area (Å²) < 4.78 is 0. The van der Waals surface area contributed by atoms with Gasteiger partial charge in [-0.2, -0.15) is 5.10 Å². The first-order valence-corrected chi connectivity index (χ1v) is 7.40. The molecule has 0 unspecified atom stereocenters. The molecule has 0 spiro atoms. The van der Waals surface area contributed by atoms with Crippen LogP contribution >= 0.6 is 0 Å². The number of nitrogens with one attached hydrogen (secondary N) is 1. The number of aromatic nitrogens is 2. The molecule has 2 heterocycles. The fourth-order valence-electron chi connectivity index (χ4n) is 2.75. The number of carbonyl (C=O) groups is 3. The van der Waals surface area contributed by atoms with Crippen LogP contribution in [0.15, 0.2) is 30.3 Å². The number of fused-ring (bicyclic) bond motifs is 1. The van der Waals surface area contributed by atoms with Crippen molar-refractivity contribution in [3.05, 3.63) is 52.8 Å². The number of benzene rings is 1. The third kappa shape index (κ3) is 2.12. The first-order valence-electron chi connectivity index (χ1n) is 7.40. The molecule has 1 N–H and O–H groups in total. The van der Waals surface area contributed by atoms with Gasteiger partial charge in [0.25, 0.3) is 11.8 Å². The highest BCUT2D eigenvalue weighted by Crippen LogP contribution is 2.35. The van der Waals surface area contributed by atoms with Crippen LogP contribution in [0.3, 0.4) is 0 Å². The number of hydroxylamine groups is 2. The van der Waals surface area contributed by atoms with E-state index in [2.05, 4.69) is 10.2 Å². The van der Waals surface area contributed by atoms with Crippen molar-refractivity contribution in [3.8, 4) is 0 Å². The molecule has 1 aromatic heterocycles. The molecule has 2 amide bonds. The fourth-order valence-corrected chi connectivity index (χ4v) is 2.75. The lowest BCUT2D eigenvalue weighted by Gasteiger charge is -2.23. The second-order valence-corrected chi connectivity index (χ2v) is 5.67. The summed E-state index contributed by atoms with van der Waals surface area (Å²) in [5.41, 5.74) is 1.39. The van der Waals surface area contributed by atoms with Crippen LogP contribution in [-0.2, 0) is 4.84 Å². The van der Waals surface area contributed by atoms with Crippen LogP contribution in [0, 0.1) is 0 Å². The molecule has 4 rings (SSSR count). The van der Waals surface area contributed by atoms with Crippen LogP contribution in [0.5, 0.6) is 0 Å². The smallest absolute Gasteiger partial charge is 0.322 e. The molecule has 2 aliphatic rings. The number of imide groups is 1. The minimum atomic E-state index is -0.832. The highest BCUT2D eigenvalue weighted by atomic mass is 16.7. The van der Waals surface area contributed by atoms with Gasteiger partial charge in [-0.05, 0) is 31.0 Å². The molecule has 7 nitrogen and oxygen atoms in total. The Morgan fingerprint density at radius 1 is 1.17 bits per heavy atom. The van der Waals surface area contributed by atoms with Crippen LogP contribution in [0.1, 0.15) is 62.1 Å². The van der Waals surface area contributed by atoms with Gasteiger partial charge in [-0.25, -0.2) is 4.79 Å². The van der Waals surface area contributed by atoms with Gasteiger partial charge in [0.2, 0.25) is 0 Å². The number of H-pyrrole nitrogens is 1. The predicted octanol–water partition coefficient (Wildman–Crippen LogP) is 2.05. The van der Waals surface area contributed by atoms with Crippen molar-refractivity contribution in [1.29, 1.82) is 0 Å². The monoisotopic (exact) mass is 311 g/mol. The van der Waals surface area contributed by atoms with E-state index in [4.69, 9.17) is 4.84 Å². The number of rotatable bonds is 3. The average molecular weight is 311 g/mol. The maximum Gasteiger partial charge on any atom is 0.384 e. The fraction of sp³-hybridized carbons (Fsp3) is 0.250. The summed E-state index contributed by atoms with van der Waals surface area (Å²) in [4.78, 5) is 41.4. The number of hydrogen-bond acceptors (Lipinski definition) is 5. The normalized spacial score (nSPS) is 17.1. The van der Waals surface area contributed by atoms with E-state index in [-0.39, 0.29) is 16.8 Å². The molecule has 116 valence electrons. The number of hydrogen-bond donors (Lipinski definition) is 1. The maximum atomic E-state index is 12.1. The van der Waals surface area contributed by atoms with Gasteiger partial charge in [0.05, 0.1) is 11.1 Å². The Bertz CT molecular complexity index is 787. The lowest BCUT2D eigenvalue weighted by atomic mass is 9.83. The molecule has 1 fully saturated rings. The van der Waals surface area contributed by atoms with Gasteiger partial charge < -0.3 is 4.84 Å². The zero-order valence-corrected chi connectivity index (χ0v) is 12.1. The molecular formula is C16H13N3O4. The highest BCUT2D eigenvalue weighted by molar-refractivity contribution is 6.21. The standard InChI is InChI=1S/C16H13N3O4/c20-14-10-6-1-2-7-11(10)15(21)19(14)23-16(22)13-8-12(17-18-13)9-4-3-5-9/h1-2,6-9H,3-5H2,(H,17,18). The highest BCUT2D eigenvalue weighted by Gasteiger charge is 2.39. The summed E-state index contributed by atoms with van der Waals surface area (Å²) >= 11 is 0. The van der Waals surface area contributed by atoms with Crippen LogP contribution in [0.2, 0.25) is 0 Å². The SMILES string of the molecule is O=C(ON1C(=O)c2ccccc2C1=O)c1cc(C2CCC2)[nH]n1. The lowest BCUT2D eigenvalue weighted by molar-refractivity contribution is -0.0588. The first kappa shape index (κ1) is 13.7. The molecule has 0 saturated heterocycles. The van der Waals surface area contributed by atoms with Crippen LogP contribution in [0.4, 0.5) is 0 Å². The van der Waals surface area contributed by atoms with Crippen LogP contribution < -0.4 is 0 Å². The van der Waals surface area contributed by atoms with E-state index in [0.29, 0.717) is 11.0 Å². The summed E-state index contributed by atoms with van der Waals surface area (Å²) in [6.45, 7) is 0. The summed E-state index contributed by atoms with van der Waals surface area (Å²) in [5.74, 6) is -1.73. The van der Waals surface area contributed by atoms with E-state index < -0.39 is 17.8 Å². The number of nitrogens with zero attached hydrogens (tertiary/aromatic N) is 2. The topological polar surface area (TPSA) is 92.4 Å². The molecule has 1 saturated carbocycles. The largest absolute Gasteiger partial charge is 0.384 e. The van der Waals surface area contributed by atoms with Crippen molar-refractivity contribution in [1.82, 2.24) is 15.3 Å². The summed E-state index contributed by atoms with van der Waals surface area (Å²) in [6, 6.07) is 7.95. The lowest BCUT2D eigenvalue weighted by Crippen LogP contribution is -2.32. The van der Waals surface area contributed by atoms with Crippen molar-refractivity contribution in [2.75, 3.05) is 0 Å². The van der Waals surface area contributed by atoms with E-state index in [1.54, 1.807) is 18.2 Å². The van der Waals surface area contributed by atoms with Gasteiger partial charge in [0.1, 0.15) is 0 Å². The van der Waals surface area contributed by atoms with Gasteiger partial charge in [0.15, 0.2) is 5.69 Å². The van der Waals surface area contributed by atoms with Crippen molar-refractivity contribution in [2.24, 2.45) is 0 Å². The van der Waals surface area contributed by atoms with Gasteiger partial charge in [-0.3, -0.25) is 14.7 Å². The maximum absolute atomic E-state index is 12.1. The summed E-state index contributed by atoms with van der Waals surface area (Å²) in [5, 5.41) is 7.22. The zero-order chi connectivity index (χ0) is 16.0. The molecule has 1 aliphatic heterocycles. The summed E-state index contributed by atoms with van der Waals surface area (Å²) in [7, 11) is 0. The van der Waals surface area contributed by atoms with Crippen LogP contribution in [-0.4, -0.2) is 33.0 Å². The van der Waals surface area contributed by atoms with Gasteiger partial charge in [-0.1, -0.05) is 23.6 Å². The minimum absolute atomic E-state index is 0.0588. The van der Waals surface area contributed by atoms with Gasteiger partial charge in [0, 0.05) is 11.6 Å². The quantitative estimate of drug-likeness (QED) is 0.876. The Morgan fingerprint density at radius 2 is 1.83 bits per heavy atom. The Labute approximate surface area is 131 Å². The zero-order valence-electron chi connectivity index (χ0n) is 12.1. The Morgan fingerprint density at radius 3 is 2.39 bits per heavy atom. The number of carbonyl (C=O) groups excluding carboxylic acids is 3. The van der Waals surface area contributed by atoms with E-state index >= 15 is 0 Å². The van der Waals surface area contributed by atoms with Crippen LogP contribution in [0.25, 0.3) is 0 Å². The Balaban J connectivity index is 1.52. The first-order chi connectivity index (χ1) is 11.1. The molecule has 1 aliphatic carbocycles. The average Bonchev–Trinajstić information content (AvgIpc) is 3.06.